The smallest absolute Gasteiger partial charge is 0.271 e. The Morgan fingerprint density at radius 2 is 1.74 bits per heavy atom. The average molecular weight is 365 g/mol. The third-order valence-corrected chi connectivity index (χ3v) is 4.87. The van der Waals surface area contributed by atoms with Crippen LogP contribution in [-0.4, -0.2) is 43.0 Å². The maximum atomic E-state index is 5.86. The van der Waals surface area contributed by atoms with E-state index in [1.165, 1.54) is 10.6 Å². The number of quaternary nitrogens is 1. The molecule has 27 heavy (non-hydrogen) atoms. The normalized spacial score (nSPS) is 15.1. The van der Waals surface area contributed by atoms with Gasteiger partial charge in [0.15, 0.2) is 6.54 Å². The number of para-hydroxylation sites is 2. The first kappa shape index (κ1) is 17.5. The minimum atomic E-state index is 0.592. The van der Waals surface area contributed by atoms with Gasteiger partial charge in [0.2, 0.25) is 5.89 Å². The molecule has 2 aromatic carbocycles. The third-order valence-electron chi connectivity index (χ3n) is 4.87. The molecule has 6 heteroatoms. The number of nitrogens with zero attached hydrogens (tertiary/aromatic N) is 3. The number of nitrogens with one attached hydrogen (secondary N) is 1. The molecule has 4 rings (SSSR count). The van der Waals surface area contributed by atoms with E-state index in [-0.39, 0.29) is 0 Å². The fourth-order valence-corrected chi connectivity index (χ4v) is 3.47. The van der Waals surface area contributed by atoms with E-state index in [4.69, 9.17) is 9.15 Å². The summed E-state index contributed by atoms with van der Waals surface area (Å²) in [5.41, 5.74) is 2.14. The second kappa shape index (κ2) is 8.22. The third kappa shape index (κ3) is 4.11. The Kier molecular flexibility index (Phi) is 5.34. The second-order valence-corrected chi connectivity index (χ2v) is 6.68. The van der Waals surface area contributed by atoms with E-state index in [0.717, 1.165) is 44.0 Å². The van der Waals surface area contributed by atoms with E-state index in [9.17, 15) is 0 Å². The van der Waals surface area contributed by atoms with E-state index >= 15 is 0 Å². The zero-order valence-electron chi connectivity index (χ0n) is 15.6. The zero-order valence-corrected chi connectivity index (χ0v) is 15.6. The summed E-state index contributed by atoms with van der Waals surface area (Å²) in [7, 11) is 0. The van der Waals surface area contributed by atoms with Crippen molar-refractivity contribution in [3.05, 3.63) is 60.5 Å². The molecule has 0 atom stereocenters. The number of hydrogen-bond donors (Lipinski definition) is 1. The van der Waals surface area contributed by atoms with Gasteiger partial charge in [0.1, 0.15) is 5.75 Å². The first-order valence-electron chi connectivity index (χ1n) is 9.51. The van der Waals surface area contributed by atoms with Crippen molar-refractivity contribution in [1.29, 1.82) is 0 Å². The molecule has 0 unspecified atom stereocenters. The number of hydrogen-bond acceptors (Lipinski definition) is 5. The topological polar surface area (TPSA) is 55.8 Å². The van der Waals surface area contributed by atoms with Crippen LogP contribution in [0.25, 0.3) is 11.5 Å². The van der Waals surface area contributed by atoms with Gasteiger partial charge < -0.3 is 19.0 Å². The molecular weight excluding hydrogens is 340 g/mol. The molecule has 0 saturated carbocycles. The number of piperazine rings is 1. The van der Waals surface area contributed by atoms with Gasteiger partial charge in [-0.3, -0.25) is 0 Å². The van der Waals surface area contributed by atoms with Crippen LogP contribution in [0.3, 0.4) is 0 Å². The molecule has 2 heterocycles. The number of aromatic nitrogens is 2. The van der Waals surface area contributed by atoms with Gasteiger partial charge in [-0.05, 0) is 31.2 Å². The Labute approximate surface area is 159 Å². The van der Waals surface area contributed by atoms with E-state index in [0.29, 0.717) is 18.4 Å². The Balaban J connectivity index is 1.36. The molecule has 1 aromatic heterocycles. The van der Waals surface area contributed by atoms with Crippen molar-refractivity contribution in [2.24, 2.45) is 0 Å². The summed E-state index contributed by atoms with van der Waals surface area (Å²) >= 11 is 0. The van der Waals surface area contributed by atoms with Crippen LogP contribution < -0.4 is 14.5 Å². The molecule has 1 fully saturated rings. The van der Waals surface area contributed by atoms with Crippen molar-refractivity contribution in [2.75, 3.05) is 37.7 Å². The first-order valence-corrected chi connectivity index (χ1v) is 9.51. The highest BCUT2D eigenvalue weighted by atomic mass is 16.5. The SMILES string of the molecule is CCOc1ccccc1N1CC[NH+](Cc2nnc(-c3ccccc3)o2)CC1. The summed E-state index contributed by atoms with van der Waals surface area (Å²) in [6.45, 7) is 7.50. The van der Waals surface area contributed by atoms with E-state index in [1.807, 2.05) is 49.4 Å². The number of rotatable bonds is 6. The van der Waals surface area contributed by atoms with Crippen LogP contribution in [-0.2, 0) is 6.54 Å². The van der Waals surface area contributed by atoms with Crippen LogP contribution in [0.2, 0.25) is 0 Å². The summed E-state index contributed by atoms with van der Waals surface area (Å²) in [5, 5.41) is 8.42. The van der Waals surface area contributed by atoms with Gasteiger partial charge in [-0.15, -0.1) is 10.2 Å². The maximum Gasteiger partial charge on any atom is 0.271 e. The predicted molar refractivity (Wildman–Crippen MR) is 104 cm³/mol. The van der Waals surface area contributed by atoms with Gasteiger partial charge in [0.25, 0.3) is 5.89 Å². The molecule has 0 aliphatic carbocycles. The summed E-state index contributed by atoms with van der Waals surface area (Å²) in [6, 6.07) is 18.2. The van der Waals surface area contributed by atoms with Crippen LogP contribution in [0, 0.1) is 0 Å². The largest absolute Gasteiger partial charge is 0.492 e. The lowest BCUT2D eigenvalue weighted by atomic mass is 10.2. The number of anilines is 1. The minimum Gasteiger partial charge on any atom is -0.492 e. The molecule has 6 nitrogen and oxygen atoms in total. The first-order chi connectivity index (χ1) is 13.3. The van der Waals surface area contributed by atoms with Crippen LogP contribution in [0.5, 0.6) is 5.75 Å². The van der Waals surface area contributed by atoms with Gasteiger partial charge in [-0.1, -0.05) is 30.3 Å². The number of benzene rings is 2. The highest BCUT2D eigenvalue weighted by molar-refractivity contribution is 5.58. The quantitative estimate of drug-likeness (QED) is 0.725. The van der Waals surface area contributed by atoms with Crippen molar-refractivity contribution in [1.82, 2.24) is 10.2 Å². The summed E-state index contributed by atoms with van der Waals surface area (Å²) in [6.07, 6.45) is 0. The Morgan fingerprint density at radius 3 is 2.52 bits per heavy atom. The highest BCUT2D eigenvalue weighted by Gasteiger charge is 2.24. The van der Waals surface area contributed by atoms with Gasteiger partial charge in [0.05, 0.1) is 38.5 Å². The summed E-state index contributed by atoms with van der Waals surface area (Å²) < 4.78 is 11.6. The molecule has 1 aliphatic heterocycles. The molecule has 0 radical (unpaired) electrons. The van der Waals surface area contributed by atoms with E-state index < -0.39 is 0 Å². The Morgan fingerprint density at radius 1 is 1.00 bits per heavy atom. The molecule has 0 amide bonds. The minimum absolute atomic E-state index is 0.592. The second-order valence-electron chi connectivity index (χ2n) is 6.68. The maximum absolute atomic E-state index is 5.86. The average Bonchev–Trinajstić information content (AvgIpc) is 3.19. The van der Waals surface area contributed by atoms with Crippen LogP contribution >= 0.6 is 0 Å². The monoisotopic (exact) mass is 365 g/mol. The lowest BCUT2D eigenvalue weighted by Crippen LogP contribution is -3.13. The molecule has 1 N–H and O–H groups in total. The van der Waals surface area contributed by atoms with Gasteiger partial charge in [0, 0.05) is 5.56 Å². The molecule has 0 spiro atoms. The molecule has 0 bridgehead atoms. The number of ether oxygens (including phenoxy) is 1. The van der Waals surface area contributed by atoms with Crippen LogP contribution in [0.1, 0.15) is 12.8 Å². The fraction of sp³-hybridized carbons (Fsp3) is 0.333. The van der Waals surface area contributed by atoms with E-state index in [2.05, 4.69) is 27.2 Å². The fourth-order valence-electron chi connectivity index (χ4n) is 3.47. The molecule has 1 saturated heterocycles. The molecule has 1 aliphatic rings. The van der Waals surface area contributed by atoms with Gasteiger partial charge in [-0.2, -0.15) is 0 Å². The molecule has 140 valence electrons. The Hall–Kier alpha value is -2.86. The lowest BCUT2D eigenvalue weighted by Gasteiger charge is -2.33. The van der Waals surface area contributed by atoms with Crippen molar-refractivity contribution < 1.29 is 14.1 Å². The lowest BCUT2D eigenvalue weighted by molar-refractivity contribution is -0.915. The van der Waals surface area contributed by atoms with Crippen molar-refractivity contribution >= 4 is 5.69 Å². The van der Waals surface area contributed by atoms with Crippen molar-refractivity contribution in [3.8, 4) is 17.2 Å². The van der Waals surface area contributed by atoms with E-state index in [1.54, 1.807) is 0 Å². The summed E-state index contributed by atoms with van der Waals surface area (Å²) in [5.74, 6) is 2.26. The van der Waals surface area contributed by atoms with Gasteiger partial charge >= 0.3 is 0 Å². The molecule has 3 aromatic rings. The van der Waals surface area contributed by atoms with Crippen molar-refractivity contribution in [3.63, 3.8) is 0 Å². The predicted octanol–water partition coefficient (Wildman–Crippen LogP) is 2.04. The Bertz CT molecular complexity index is 857. The zero-order chi connectivity index (χ0) is 18.5. The summed E-state index contributed by atoms with van der Waals surface area (Å²) in [4.78, 5) is 3.86. The van der Waals surface area contributed by atoms with Gasteiger partial charge in [-0.25, -0.2) is 0 Å². The highest BCUT2D eigenvalue weighted by Crippen LogP contribution is 2.27. The molecular formula is C21H25N4O2+. The van der Waals surface area contributed by atoms with Crippen LogP contribution in [0.4, 0.5) is 5.69 Å². The standard InChI is InChI=1S/C21H24N4O2/c1-2-26-19-11-7-6-10-18(19)25-14-12-24(13-15-25)16-20-22-23-21(27-20)17-8-4-3-5-9-17/h3-11H,2,12-16H2,1H3/p+1. The van der Waals surface area contributed by atoms with Crippen LogP contribution in [0.15, 0.2) is 59.0 Å². The van der Waals surface area contributed by atoms with Crippen molar-refractivity contribution in [2.45, 2.75) is 13.5 Å².